The number of benzene rings is 2. The summed E-state index contributed by atoms with van der Waals surface area (Å²) in [5.41, 5.74) is 6.05. The summed E-state index contributed by atoms with van der Waals surface area (Å²) >= 11 is 0. The van der Waals surface area contributed by atoms with E-state index in [0.29, 0.717) is 12.5 Å². The largest absolute Gasteiger partial charge is 0.387 e. The number of aliphatic hydroxyl groups is 1. The molecule has 0 aromatic heterocycles. The maximum absolute atomic E-state index is 12.6. The average molecular weight is 377 g/mol. The molecule has 1 atom stereocenters. The molecule has 2 heterocycles. The normalized spacial score (nSPS) is 20.4. The number of hydrogen-bond donors (Lipinski definition) is 1. The van der Waals surface area contributed by atoms with Gasteiger partial charge in [-0.2, -0.15) is 0 Å². The molecule has 1 fully saturated rings. The number of aryl methyl sites for hydroxylation is 1. The summed E-state index contributed by atoms with van der Waals surface area (Å²) in [7, 11) is 0. The van der Waals surface area contributed by atoms with Gasteiger partial charge in [-0.15, -0.1) is 0 Å². The second-order valence-corrected chi connectivity index (χ2v) is 8.53. The van der Waals surface area contributed by atoms with Gasteiger partial charge in [0.1, 0.15) is 0 Å². The highest BCUT2D eigenvalue weighted by Gasteiger charge is 2.35. The van der Waals surface area contributed by atoms with Gasteiger partial charge >= 0.3 is 0 Å². The van der Waals surface area contributed by atoms with Crippen LogP contribution in [0.15, 0.2) is 42.5 Å². The van der Waals surface area contributed by atoms with E-state index in [4.69, 9.17) is 0 Å². The fraction of sp³-hybridized carbons (Fsp3) is 0.458. The van der Waals surface area contributed by atoms with Crippen molar-refractivity contribution in [2.45, 2.75) is 44.8 Å². The number of carbonyl (C=O) groups is 1. The third-order valence-corrected chi connectivity index (χ3v) is 6.44. The fourth-order valence-corrected chi connectivity index (χ4v) is 4.66. The number of hydrogen-bond acceptors (Lipinski definition) is 3. The first-order chi connectivity index (χ1) is 13.7. The van der Waals surface area contributed by atoms with E-state index >= 15 is 0 Å². The molecular weight excluding hydrogens is 348 g/mol. The van der Waals surface area contributed by atoms with Crippen LogP contribution in [0.5, 0.6) is 0 Å². The number of rotatable bonds is 4. The summed E-state index contributed by atoms with van der Waals surface area (Å²) in [6, 6.07) is 14.8. The molecule has 2 aliphatic heterocycles. The molecule has 1 unspecified atom stereocenters. The van der Waals surface area contributed by atoms with E-state index in [1.807, 2.05) is 11.0 Å². The van der Waals surface area contributed by atoms with Crippen LogP contribution in [0.3, 0.4) is 0 Å². The fourth-order valence-electron chi connectivity index (χ4n) is 4.66. The molecule has 5 rings (SSSR count). The summed E-state index contributed by atoms with van der Waals surface area (Å²) in [6.07, 6.45) is 4.63. The van der Waals surface area contributed by atoms with E-state index in [0.717, 1.165) is 63.0 Å². The molecule has 0 spiro atoms. The molecule has 0 radical (unpaired) electrons. The maximum Gasteiger partial charge on any atom is 0.230 e. The second-order valence-electron chi connectivity index (χ2n) is 8.53. The lowest BCUT2D eigenvalue weighted by molar-refractivity contribution is -0.119. The molecule has 146 valence electrons. The zero-order chi connectivity index (χ0) is 19.1. The Bertz CT molecular complexity index is 890. The van der Waals surface area contributed by atoms with Crippen molar-refractivity contribution in [2.75, 3.05) is 24.5 Å². The van der Waals surface area contributed by atoms with Crippen LogP contribution in [0.4, 0.5) is 5.69 Å². The van der Waals surface area contributed by atoms with E-state index < -0.39 is 6.10 Å². The lowest BCUT2D eigenvalue weighted by Gasteiger charge is -2.32. The van der Waals surface area contributed by atoms with Crippen LogP contribution in [-0.2, 0) is 24.2 Å². The Labute approximate surface area is 166 Å². The standard InChI is InChI=1S/C24H28N2O2/c27-23(16-25-13-11-17-4-1-2-5-21(17)15-25)20-9-10-22-19(14-20)6-3-12-26(22)24(28)18-7-8-18/h1-2,4-5,9-10,14,18,23,27H,3,6-8,11-13,15-16H2. The molecule has 1 aliphatic carbocycles. The van der Waals surface area contributed by atoms with Gasteiger partial charge in [0.05, 0.1) is 6.10 Å². The SMILES string of the molecule is O=C(C1CC1)N1CCCc2cc(C(O)CN3CCc4ccccc4C3)ccc21. The van der Waals surface area contributed by atoms with Gasteiger partial charge in [-0.3, -0.25) is 9.69 Å². The highest BCUT2D eigenvalue weighted by Crippen LogP contribution is 2.36. The molecule has 1 N–H and O–H groups in total. The van der Waals surface area contributed by atoms with Gasteiger partial charge < -0.3 is 10.0 Å². The maximum atomic E-state index is 12.6. The van der Waals surface area contributed by atoms with Crippen LogP contribution in [-0.4, -0.2) is 35.5 Å². The van der Waals surface area contributed by atoms with Crippen LogP contribution in [0.25, 0.3) is 0 Å². The molecule has 1 amide bonds. The van der Waals surface area contributed by atoms with Crippen molar-refractivity contribution in [3.05, 3.63) is 64.7 Å². The zero-order valence-electron chi connectivity index (χ0n) is 16.3. The minimum Gasteiger partial charge on any atom is -0.387 e. The summed E-state index contributed by atoms with van der Waals surface area (Å²) < 4.78 is 0. The molecule has 3 aliphatic rings. The summed E-state index contributed by atoms with van der Waals surface area (Å²) in [5, 5.41) is 10.9. The first-order valence-corrected chi connectivity index (χ1v) is 10.6. The Morgan fingerprint density at radius 1 is 1.04 bits per heavy atom. The van der Waals surface area contributed by atoms with Gasteiger partial charge in [0.25, 0.3) is 0 Å². The molecular formula is C24H28N2O2. The van der Waals surface area contributed by atoms with E-state index in [9.17, 15) is 9.90 Å². The number of anilines is 1. The monoisotopic (exact) mass is 376 g/mol. The Morgan fingerprint density at radius 2 is 1.86 bits per heavy atom. The minimum atomic E-state index is -0.495. The van der Waals surface area contributed by atoms with E-state index in [-0.39, 0.29) is 5.92 Å². The van der Waals surface area contributed by atoms with E-state index in [2.05, 4.69) is 41.3 Å². The number of aliphatic hydroxyl groups excluding tert-OH is 1. The highest BCUT2D eigenvalue weighted by molar-refractivity contribution is 5.97. The van der Waals surface area contributed by atoms with Crippen LogP contribution in [0.2, 0.25) is 0 Å². The minimum absolute atomic E-state index is 0.248. The van der Waals surface area contributed by atoms with Gasteiger partial charge in [-0.25, -0.2) is 0 Å². The van der Waals surface area contributed by atoms with Crippen LogP contribution in [0.1, 0.15) is 47.6 Å². The lowest BCUT2D eigenvalue weighted by atomic mass is 9.96. The predicted molar refractivity (Wildman–Crippen MR) is 110 cm³/mol. The quantitative estimate of drug-likeness (QED) is 0.889. The van der Waals surface area contributed by atoms with E-state index in [1.54, 1.807) is 0 Å². The third-order valence-electron chi connectivity index (χ3n) is 6.44. The van der Waals surface area contributed by atoms with Gasteiger partial charge in [0, 0.05) is 37.8 Å². The van der Waals surface area contributed by atoms with Gasteiger partial charge in [-0.05, 0) is 60.4 Å². The molecule has 1 saturated carbocycles. The average Bonchev–Trinajstić information content (AvgIpc) is 3.57. The molecule has 4 heteroatoms. The van der Waals surface area contributed by atoms with Crippen molar-refractivity contribution >= 4 is 11.6 Å². The number of nitrogens with zero attached hydrogens (tertiary/aromatic N) is 2. The van der Waals surface area contributed by atoms with Gasteiger partial charge in [0.2, 0.25) is 5.91 Å². The Hall–Kier alpha value is -2.17. The van der Waals surface area contributed by atoms with Crippen molar-refractivity contribution in [1.29, 1.82) is 0 Å². The van der Waals surface area contributed by atoms with Crippen molar-refractivity contribution in [3.63, 3.8) is 0 Å². The molecule has 4 nitrogen and oxygen atoms in total. The lowest BCUT2D eigenvalue weighted by Crippen LogP contribution is -2.36. The molecule has 2 aromatic carbocycles. The van der Waals surface area contributed by atoms with Crippen LogP contribution in [0, 0.1) is 5.92 Å². The molecule has 2 aromatic rings. The zero-order valence-corrected chi connectivity index (χ0v) is 16.3. The predicted octanol–water partition coefficient (Wildman–Crippen LogP) is 3.47. The Balaban J connectivity index is 1.29. The van der Waals surface area contributed by atoms with Crippen molar-refractivity contribution in [1.82, 2.24) is 4.90 Å². The first kappa shape index (κ1) is 17.9. The van der Waals surface area contributed by atoms with E-state index in [1.165, 1.54) is 16.7 Å². The number of fused-ring (bicyclic) bond motifs is 2. The number of β-amino-alcohol motifs (C(OH)–C–C–N with tert-alkyl or cyclic N) is 1. The molecule has 0 saturated heterocycles. The van der Waals surface area contributed by atoms with Gasteiger partial charge in [-0.1, -0.05) is 36.4 Å². The Morgan fingerprint density at radius 3 is 2.68 bits per heavy atom. The van der Waals surface area contributed by atoms with Crippen molar-refractivity contribution in [3.8, 4) is 0 Å². The van der Waals surface area contributed by atoms with Crippen LogP contribution >= 0.6 is 0 Å². The number of amides is 1. The van der Waals surface area contributed by atoms with Crippen molar-refractivity contribution < 1.29 is 9.90 Å². The highest BCUT2D eigenvalue weighted by atomic mass is 16.3. The summed E-state index contributed by atoms with van der Waals surface area (Å²) in [5.74, 6) is 0.541. The van der Waals surface area contributed by atoms with Crippen LogP contribution < -0.4 is 4.90 Å². The topological polar surface area (TPSA) is 43.8 Å². The second kappa shape index (κ2) is 7.34. The third kappa shape index (κ3) is 3.47. The first-order valence-electron chi connectivity index (χ1n) is 10.6. The molecule has 28 heavy (non-hydrogen) atoms. The summed E-state index contributed by atoms with van der Waals surface area (Å²) in [4.78, 5) is 16.9. The molecule has 0 bridgehead atoms. The number of carbonyl (C=O) groups excluding carboxylic acids is 1. The summed E-state index contributed by atoms with van der Waals surface area (Å²) in [6.45, 7) is 3.37. The van der Waals surface area contributed by atoms with Crippen molar-refractivity contribution in [2.24, 2.45) is 5.92 Å². The Kier molecular flexibility index (Phi) is 4.69. The van der Waals surface area contributed by atoms with Gasteiger partial charge in [0.15, 0.2) is 0 Å². The smallest absolute Gasteiger partial charge is 0.230 e.